The van der Waals surface area contributed by atoms with Crippen LogP contribution in [0.1, 0.15) is 20.7 Å². The van der Waals surface area contributed by atoms with Crippen LogP contribution in [0, 0.1) is 0 Å². The molecule has 2 aromatic carbocycles. The van der Waals surface area contributed by atoms with Crippen molar-refractivity contribution >= 4 is 43.4 Å². The molecule has 3 aromatic rings. The molecule has 5 heteroatoms. The van der Waals surface area contributed by atoms with E-state index in [2.05, 4.69) is 0 Å². The number of fused-ring (bicyclic) bond motifs is 3. The summed E-state index contributed by atoms with van der Waals surface area (Å²) < 4.78 is 1.57. The molecule has 1 heterocycles. The first-order chi connectivity index (χ1) is 9.06. The monoisotopic (exact) mass is 270 g/mol. The van der Waals surface area contributed by atoms with Crippen LogP contribution in [0.25, 0.3) is 20.2 Å². The van der Waals surface area contributed by atoms with Crippen LogP contribution in [0.15, 0.2) is 36.4 Å². The van der Waals surface area contributed by atoms with Crippen molar-refractivity contribution < 1.29 is 19.8 Å². The van der Waals surface area contributed by atoms with E-state index in [9.17, 15) is 19.8 Å². The van der Waals surface area contributed by atoms with Gasteiger partial charge in [0, 0.05) is 20.2 Å². The molecule has 0 atom stereocenters. The van der Waals surface area contributed by atoms with Crippen molar-refractivity contribution in [1.29, 1.82) is 0 Å². The van der Waals surface area contributed by atoms with E-state index in [0.717, 1.165) is 20.2 Å². The lowest BCUT2D eigenvalue weighted by molar-refractivity contribution is -0.256. The largest absolute Gasteiger partial charge is 0.545 e. The lowest BCUT2D eigenvalue weighted by Gasteiger charge is -2.02. The van der Waals surface area contributed by atoms with Gasteiger partial charge in [0.05, 0.1) is 11.9 Å². The summed E-state index contributed by atoms with van der Waals surface area (Å²) in [6.45, 7) is 0. The molecule has 0 radical (unpaired) electrons. The van der Waals surface area contributed by atoms with Crippen molar-refractivity contribution in [3.63, 3.8) is 0 Å². The van der Waals surface area contributed by atoms with Gasteiger partial charge in [0.15, 0.2) is 0 Å². The molecule has 4 nitrogen and oxygen atoms in total. The Kier molecular flexibility index (Phi) is 2.50. The number of rotatable bonds is 2. The molecule has 0 fully saturated rings. The van der Waals surface area contributed by atoms with Gasteiger partial charge in [-0.2, -0.15) is 0 Å². The summed E-state index contributed by atoms with van der Waals surface area (Å²) in [5.74, 6) is -2.45. The summed E-state index contributed by atoms with van der Waals surface area (Å²) in [6, 6.07) is 9.45. The van der Waals surface area contributed by atoms with Crippen molar-refractivity contribution in [2.24, 2.45) is 0 Å². The van der Waals surface area contributed by atoms with Crippen LogP contribution in [-0.2, 0) is 0 Å². The molecule has 0 saturated heterocycles. The third-order valence-electron chi connectivity index (χ3n) is 2.94. The fraction of sp³-hybridized carbons (Fsp3) is 0. The number of aromatic carboxylic acids is 2. The Morgan fingerprint density at radius 3 is 1.58 bits per heavy atom. The van der Waals surface area contributed by atoms with Gasteiger partial charge in [0.25, 0.3) is 0 Å². The molecule has 3 rings (SSSR count). The van der Waals surface area contributed by atoms with Crippen LogP contribution >= 0.6 is 11.3 Å². The van der Waals surface area contributed by atoms with Gasteiger partial charge in [-0.3, -0.25) is 0 Å². The maximum Gasteiger partial charge on any atom is 0.0715 e. The molecule has 0 unspecified atom stereocenters. The van der Waals surface area contributed by atoms with Gasteiger partial charge >= 0.3 is 0 Å². The highest BCUT2D eigenvalue weighted by molar-refractivity contribution is 7.25. The first kappa shape index (κ1) is 11.7. The summed E-state index contributed by atoms with van der Waals surface area (Å²) in [6.07, 6.45) is 0. The van der Waals surface area contributed by atoms with Crippen molar-refractivity contribution in [2.75, 3.05) is 0 Å². The van der Waals surface area contributed by atoms with Gasteiger partial charge in [-0.05, 0) is 23.3 Å². The molecule has 0 aliphatic rings. The molecule has 0 amide bonds. The summed E-state index contributed by atoms with van der Waals surface area (Å²) in [4.78, 5) is 21.6. The molecule has 0 saturated carbocycles. The van der Waals surface area contributed by atoms with Crippen LogP contribution < -0.4 is 10.2 Å². The number of carboxylic acids is 2. The van der Waals surface area contributed by atoms with Crippen LogP contribution in [0.3, 0.4) is 0 Å². The Morgan fingerprint density at radius 1 is 0.789 bits per heavy atom. The van der Waals surface area contributed by atoms with E-state index in [0.29, 0.717) is 0 Å². The number of carboxylic acid groups (broad SMARTS) is 2. The molecule has 94 valence electrons. The smallest absolute Gasteiger partial charge is 0.0715 e. The van der Waals surface area contributed by atoms with Crippen LogP contribution in [0.5, 0.6) is 0 Å². The highest BCUT2D eigenvalue weighted by Crippen LogP contribution is 2.34. The van der Waals surface area contributed by atoms with Crippen LogP contribution in [-0.4, -0.2) is 11.9 Å². The fourth-order valence-electron chi connectivity index (χ4n) is 2.03. The zero-order valence-corrected chi connectivity index (χ0v) is 10.3. The molecule has 0 bridgehead atoms. The first-order valence-electron chi connectivity index (χ1n) is 5.45. The summed E-state index contributed by atoms with van der Waals surface area (Å²) in [5.41, 5.74) is 0.221. The average molecular weight is 270 g/mol. The normalized spacial score (nSPS) is 10.9. The predicted molar refractivity (Wildman–Crippen MR) is 68.0 cm³/mol. The highest BCUT2D eigenvalue weighted by atomic mass is 32.1. The van der Waals surface area contributed by atoms with Crippen LogP contribution in [0.2, 0.25) is 0 Å². The van der Waals surface area contributed by atoms with Gasteiger partial charge in [-0.1, -0.05) is 24.3 Å². The Hall–Kier alpha value is -2.40. The minimum Gasteiger partial charge on any atom is -0.545 e. The molecule has 1 aromatic heterocycles. The Morgan fingerprint density at radius 2 is 1.21 bits per heavy atom. The summed E-state index contributed by atoms with van der Waals surface area (Å²) in [7, 11) is 0. The number of thiophene rings is 1. The van der Waals surface area contributed by atoms with Gasteiger partial charge in [0.2, 0.25) is 0 Å². The van der Waals surface area contributed by atoms with Crippen LogP contribution in [0.4, 0.5) is 0 Å². The second-order valence-corrected chi connectivity index (χ2v) is 5.18. The predicted octanol–water partition coefficient (Wildman–Crippen LogP) is 0.781. The van der Waals surface area contributed by atoms with E-state index in [1.54, 1.807) is 12.1 Å². The minimum atomic E-state index is -1.23. The van der Waals surface area contributed by atoms with E-state index in [-0.39, 0.29) is 11.1 Å². The van der Waals surface area contributed by atoms with E-state index in [1.165, 1.54) is 35.6 Å². The number of benzene rings is 2. The van der Waals surface area contributed by atoms with Crippen molar-refractivity contribution in [3.8, 4) is 0 Å². The molecule has 0 aliphatic carbocycles. The maximum absolute atomic E-state index is 10.8. The summed E-state index contributed by atoms with van der Waals surface area (Å²) in [5, 5.41) is 23.4. The van der Waals surface area contributed by atoms with Gasteiger partial charge in [-0.15, -0.1) is 11.3 Å². The van der Waals surface area contributed by atoms with Crippen molar-refractivity contribution in [2.45, 2.75) is 0 Å². The van der Waals surface area contributed by atoms with Gasteiger partial charge < -0.3 is 19.8 Å². The van der Waals surface area contributed by atoms with Gasteiger partial charge in [0.1, 0.15) is 0 Å². The quantitative estimate of drug-likeness (QED) is 0.689. The number of carbonyl (C=O) groups excluding carboxylic acids is 2. The SMILES string of the molecule is O=C([O-])c1ccc2c(c1)sc1cc(C(=O)[O-])ccc12. The topological polar surface area (TPSA) is 80.3 Å². The standard InChI is InChI=1S/C14H8O4S/c15-13(16)7-1-3-9-10-4-2-8(14(17)18)6-12(10)19-11(9)5-7/h1-6H,(H,15,16)(H,17,18)/p-2. The van der Waals surface area contributed by atoms with E-state index in [1.807, 2.05) is 0 Å². The van der Waals surface area contributed by atoms with Crippen molar-refractivity contribution in [1.82, 2.24) is 0 Å². The number of carbonyl (C=O) groups is 2. The fourth-order valence-corrected chi connectivity index (χ4v) is 3.22. The first-order valence-corrected chi connectivity index (χ1v) is 6.27. The lowest BCUT2D eigenvalue weighted by atomic mass is 10.1. The molecular formula is C14H6O4S-2. The molecule has 19 heavy (non-hydrogen) atoms. The second-order valence-electron chi connectivity index (χ2n) is 4.10. The zero-order valence-electron chi connectivity index (χ0n) is 9.51. The number of hydrogen-bond donors (Lipinski definition) is 0. The average Bonchev–Trinajstić information content (AvgIpc) is 2.74. The Balaban J connectivity index is 2.31. The highest BCUT2D eigenvalue weighted by Gasteiger charge is 2.07. The Bertz CT molecular complexity index is 764. The van der Waals surface area contributed by atoms with Crippen molar-refractivity contribution in [3.05, 3.63) is 47.5 Å². The second kappa shape index (κ2) is 4.07. The summed E-state index contributed by atoms with van der Waals surface area (Å²) >= 11 is 1.34. The zero-order chi connectivity index (χ0) is 13.6. The third-order valence-corrected chi connectivity index (χ3v) is 4.06. The molecule has 0 aliphatic heterocycles. The molecular weight excluding hydrogens is 264 g/mol. The lowest BCUT2D eigenvalue weighted by Crippen LogP contribution is -2.21. The maximum atomic E-state index is 10.8. The van der Waals surface area contributed by atoms with E-state index in [4.69, 9.17) is 0 Å². The molecule has 0 spiro atoms. The Labute approximate surface area is 111 Å². The minimum absolute atomic E-state index is 0.110. The van der Waals surface area contributed by atoms with E-state index >= 15 is 0 Å². The number of hydrogen-bond acceptors (Lipinski definition) is 5. The molecule has 0 N–H and O–H groups in total. The third kappa shape index (κ3) is 1.84. The van der Waals surface area contributed by atoms with Gasteiger partial charge in [-0.25, -0.2) is 0 Å². The van der Waals surface area contributed by atoms with E-state index < -0.39 is 11.9 Å².